The van der Waals surface area contributed by atoms with Gasteiger partial charge in [0.2, 0.25) is 15.0 Å². The summed E-state index contributed by atoms with van der Waals surface area (Å²) in [6, 6.07) is 0. The van der Waals surface area contributed by atoms with E-state index in [0.29, 0.717) is 18.6 Å². The maximum Gasteiger partial charge on any atom is 0.211 e. The predicted molar refractivity (Wildman–Crippen MR) is 94.8 cm³/mol. The first-order valence-electron chi connectivity index (χ1n) is 8.75. The van der Waals surface area contributed by atoms with Crippen LogP contribution in [0, 0.1) is 17.3 Å². The highest BCUT2D eigenvalue weighted by Gasteiger charge is 2.47. The summed E-state index contributed by atoms with van der Waals surface area (Å²) in [5.74, 6) is 0.418. The molecule has 1 saturated carbocycles. The summed E-state index contributed by atoms with van der Waals surface area (Å²) in [5.41, 5.74) is 1.06. The van der Waals surface area contributed by atoms with Crippen molar-refractivity contribution in [3.8, 4) is 0 Å². The largest absolute Gasteiger partial charge is 0.299 e. The van der Waals surface area contributed by atoms with Crippen LogP contribution in [0.25, 0.3) is 0 Å². The number of fused-ring (bicyclic) bond motifs is 1. The third kappa shape index (κ3) is 3.24. The number of Topliss-reactive ketones (excluding diaryl/α,β-unsaturated/α-hetero) is 1. The van der Waals surface area contributed by atoms with E-state index in [-0.39, 0.29) is 17.3 Å². The van der Waals surface area contributed by atoms with Crippen LogP contribution in [0.2, 0.25) is 0 Å². The maximum atomic E-state index is 14.2. The van der Waals surface area contributed by atoms with Crippen LogP contribution in [0.1, 0.15) is 66.7 Å². The molecule has 3 atom stereocenters. The van der Waals surface area contributed by atoms with Crippen LogP contribution in [0.15, 0.2) is 22.9 Å². The first kappa shape index (κ1) is 19.4. The highest BCUT2D eigenvalue weighted by molar-refractivity contribution is 7.96. The smallest absolute Gasteiger partial charge is 0.211 e. The number of carbonyl (C=O) groups is 1. The molecule has 0 aromatic heterocycles. The zero-order valence-electron chi connectivity index (χ0n) is 15.4. The fourth-order valence-corrected chi connectivity index (χ4v) is 5.01. The molecule has 0 aliphatic heterocycles. The fraction of sp³-hybridized carbons (Fsp3) is 0.737. The van der Waals surface area contributed by atoms with Crippen LogP contribution >= 0.6 is 0 Å². The Morgan fingerprint density at radius 1 is 1.46 bits per heavy atom. The third-order valence-electron chi connectivity index (χ3n) is 5.74. The second kappa shape index (κ2) is 6.40. The van der Waals surface area contributed by atoms with E-state index in [0.717, 1.165) is 19.3 Å². The van der Waals surface area contributed by atoms with Crippen LogP contribution in [0.5, 0.6) is 0 Å². The van der Waals surface area contributed by atoms with E-state index >= 15 is 0 Å². The Morgan fingerprint density at radius 2 is 2.08 bits per heavy atom. The highest BCUT2D eigenvalue weighted by Crippen LogP contribution is 2.53. The molecule has 2 rings (SSSR count). The van der Waals surface area contributed by atoms with E-state index in [9.17, 15) is 17.6 Å². The van der Waals surface area contributed by atoms with Crippen molar-refractivity contribution in [2.24, 2.45) is 17.3 Å². The molecule has 3 nitrogen and oxygen atoms in total. The second-order valence-electron chi connectivity index (χ2n) is 8.45. The van der Waals surface area contributed by atoms with Gasteiger partial charge in [-0.15, -0.1) is 0 Å². The number of hydrogen-bond acceptors (Lipinski definition) is 3. The first-order chi connectivity index (χ1) is 10.9. The van der Waals surface area contributed by atoms with Crippen molar-refractivity contribution < 1.29 is 17.6 Å². The summed E-state index contributed by atoms with van der Waals surface area (Å²) in [5, 5.41) is -1.04. The van der Waals surface area contributed by atoms with Crippen molar-refractivity contribution in [3.63, 3.8) is 0 Å². The lowest BCUT2D eigenvalue weighted by Crippen LogP contribution is -2.36. The Bertz CT molecular complexity index is 682. The minimum Gasteiger partial charge on any atom is -0.299 e. The zero-order chi connectivity index (χ0) is 18.3. The molecule has 2 aliphatic carbocycles. The maximum absolute atomic E-state index is 14.2. The lowest BCUT2D eigenvalue weighted by molar-refractivity contribution is -0.128. The molecule has 136 valence electrons. The lowest BCUT2D eigenvalue weighted by Gasteiger charge is -2.40. The summed E-state index contributed by atoms with van der Waals surface area (Å²) in [6.45, 7) is 8.62. The third-order valence-corrected chi connectivity index (χ3v) is 8.03. The van der Waals surface area contributed by atoms with Gasteiger partial charge in [0.05, 0.1) is 4.75 Å². The SMILES string of the molecule is C[C@H](C/C=C(\F)S(=O)(=O)C(C)(C)C)C1=CC[C@H]2C(=O)CCC[C@]12C. The van der Waals surface area contributed by atoms with Crippen LogP contribution in [0.3, 0.4) is 0 Å². The Kier molecular flexibility index (Phi) is 5.16. The molecule has 0 N–H and O–H groups in total. The van der Waals surface area contributed by atoms with Gasteiger partial charge in [-0.2, -0.15) is 4.39 Å². The summed E-state index contributed by atoms with van der Waals surface area (Å²) in [7, 11) is -3.92. The van der Waals surface area contributed by atoms with E-state index in [4.69, 9.17) is 0 Å². The quantitative estimate of drug-likeness (QED) is 0.684. The molecule has 0 aromatic carbocycles. The van der Waals surface area contributed by atoms with Gasteiger partial charge in [-0.3, -0.25) is 4.79 Å². The van der Waals surface area contributed by atoms with Crippen molar-refractivity contribution in [2.45, 2.75) is 71.5 Å². The molecule has 0 heterocycles. The van der Waals surface area contributed by atoms with Gasteiger partial charge in [-0.1, -0.05) is 25.5 Å². The summed E-state index contributed by atoms with van der Waals surface area (Å²) < 4.78 is 37.3. The summed E-state index contributed by atoms with van der Waals surface area (Å²) >= 11 is 0. The van der Waals surface area contributed by atoms with Gasteiger partial charge in [-0.25, -0.2) is 8.42 Å². The molecular formula is C19H29FO3S. The number of rotatable bonds is 4. The van der Waals surface area contributed by atoms with E-state index in [1.807, 2.05) is 6.92 Å². The molecule has 0 radical (unpaired) electrons. The van der Waals surface area contributed by atoms with Crippen molar-refractivity contribution in [1.82, 2.24) is 0 Å². The number of sulfone groups is 1. The molecule has 0 unspecified atom stereocenters. The predicted octanol–water partition coefficient (Wildman–Crippen LogP) is 4.74. The Balaban J connectivity index is 2.15. The standard InChI is InChI=1S/C19H29FO3S/c1-13(8-11-17(20)24(22,23)18(2,3)4)14-9-10-15-16(21)7-6-12-19(14,15)5/h9,11,13,15H,6-8,10,12H2,1-5H3/b17-11+/t13-,15+,19-/m1/s1. The fourth-order valence-electron chi connectivity index (χ4n) is 4.11. The van der Waals surface area contributed by atoms with Crippen molar-refractivity contribution in [1.29, 1.82) is 0 Å². The van der Waals surface area contributed by atoms with Gasteiger partial charge in [0.1, 0.15) is 5.78 Å². The molecule has 24 heavy (non-hydrogen) atoms. The Labute approximate surface area is 145 Å². The lowest BCUT2D eigenvalue weighted by atomic mass is 9.63. The number of carbonyl (C=O) groups excluding carboxylic acids is 1. The van der Waals surface area contributed by atoms with Crippen LogP contribution in [-0.4, -0.2) is 18.9 Å². The van der Waals surface area contributed by atoms with Gasteiger partial charge < -0.3 is 0 Å². The van der Waals surface area contributed by atoms with E-state index in [1.54, 1.807) is 0 Å². The number of ketones is 1. The molecule has 5 heteroatoms. The molecule has 2 aliphatic rings. The number of hydrogen-bond donors (Lipinski definition) is 0. The minimum atomic E-state index is -3.92. The van der Waals surface area contributed by atoms with Crippen LogP contribution < -0.4 is 0 Å². The van der Waals surface area contributed by atoms with Gasteiger partial charge in [0.15, 0.2) is 0 Å². The van der Waals surface area contributed by atoms with Gasteiger partial charge in [-0.05, 0) is 63.9 Å². The van der Waals surface area contributed by atoms with Gasteiger partial charge in [0, 0.05) is 12.3 Å². The molecule has 1 fully saturated rings. The molecule has 0 amide bonds. The van der Waals surface area contributed by atoms with E-state index in [2.05, 4.69) is 13.0 Å². The molecular weight excluding hydrogens is 327 g/mol. The monoisotopic (exact) mass is 356 g/mol. The van der Waals surface area contributed by atoms with Crippen molar-refractivity contribution in [2.75, 3.05) is 0 Å². The average molecular weight is 357 g/mol. The Hall–Kier alpha value is -0.970. The van der Waals surface area contributed by atoms with Gasteiger partial charge >= 0.3 is 0 Å². The summed E-state index contributed by atoms with van der Waals surface area (Å²) in [4.78, 5) is 12.2. The average Bonchev–Trinajstić information content (AvgIpc) is 2.81. The second-order valence-corrected chi connectivity index (χ2v) is 11.1. The molecule has 0 spiro atoms. The first-order valence-corrected chi connectivity index (χ1v) is 10.2. The Morgan fingerprint density at radius 3 is 2.67 bits per heavy atom. The van der Waals surface area contributed by atoms with Crippen LogP contribution in [-0.2, 0) is 14.6 Å². The highest BCUT2D eigenvalue weighted by atomic mass is 32.2. The topological polar surface area (TPSA) is 51.2 Å². The van der Waals surface area contributed by atoms with Gasteiger partial charge in [0.25, 0.3) is 0 Å². The summed E-state index contributed by atoms with van der Waals surface area (Å²) in [6.07, 6.45) is 6.97. The molecule has 0 aromatic rings. The molecule has 0 bridgehead atoms. The van der Waals surface area contributed by atoms with Crippen molar-refractivity contribution >= 4 is 15.6 Å². The van der Waals surface area contributed by atoms with Crippen molar-refractivity contribution in [3.05, 3.63) is 22.9 Å². The van der Waals surface area contributed by atoms with E-state index in [1.165, 1.54) is 32.4 Å². The number of halogens is 1. The molecule has 0 saturated heterocycles. The normalized spacial score (nSPS) is 30.1. The zero-order valence-corrected chi connectivity index (χ0v) is 16.2. The number of allylic oxidation sites excluding steroid dienone is 3. The van der Waals surface area contributed by atoms with Crippen LogP contribution in [0.4, 0.5) is 4.39 Å². The minimum absolute atomic E-state index is 0.0341. The van der Waals surface area contributed by atoms with E-state index < -0.39 is 19.7 Å².